The number of ether oxygens (including phenoxy) is 2. The maximum atomic E-state index is 13.0. The van der Waals surface area contributed by atoms with Gasteiger partial charge in [0.15, 0.2) is 17.2 Å². The third-order valence-corrected chi connectivity index (χ3v) is 4.85. The van der Waals surface area contributed by atoms with Gasteiger partial charge in [0, 0.05) is 39.4 Å². The number of carbonyl (C=O) groups is 1. The van der Waals surface area contributed by atoms with Crippen molar-refractivity contribution < 1.29 is 27.4 Å². The lowest BCUT2D eigenvalue weighted by Crippen LogP contribution is -2.38. The van der Waals surface area contributed by atoms with Gasteiger partial charge in [0.05, 0.1) is 19.8 Å². The predicted octanol–water partition coefficient (Wildman–Crippen LogP) is 2.24. The molecule has 10 heteroatoms. The van der Waals surface area contributed by atoms with Crippen LogP contribution in [0.4, 0.5) is 13.2 Å². The van der Waals surface area contributed by atoms with Crippen molar-refractivity contribution in [3.05, 3.63) is 40.7 Å². The Morgan fingerprint density at radius 1 is 1.21 bits per heavy atom. The van der Waals surface area contributed by atoms with Crippen molar-refractivity contribution >= 4 is 5.91 Å². The molecule has 1 aromatic carbocycles. The van der Waals surface area contributed by atoms with E-state index in [1.807, 2.05) is 12.1 Å². The summed E-state index contributed by atoms with van der Waals surface area (Å²) < 4.78 is 50.7. The summed E-state index contributed by atoms with van der Waals surface area (Å²) >= 11 is 0. The van der Waals surface area contributed by atoms with E-state index in [1.54, 1.807) is 14.2 Å². The molecule has 158 valence electrons. The molecule has 0 saturated heterocycles. The molecule has 1 aromatic heterocycles. The first-order valence-corrected chi connectivity index (χ1v) is 9.08. The topological polar surface area (TPSA) is 68.6 Å². The maximum Gasteiger partial charge on any atom is 0.435 e. The smallest absolute Gasteiger partial charge is 0.435 e. The van der Waals surface area contributed by atoms with Crippen LogP contribution in [0.15, 0.2) is 18.3 Å². The summed E-state index contributed by atoms with van der Waals surface area (Å²) in [4.78, 5) is 14.3. The first-order valence-electron chi connectivity index (χ1n) is 9.08. The molecule has 1 aliphatic heterocycles. The number of nitrogens with zero attached hydrogens (tertiary/aromatic N) is 3. The van der Waals surface area contributed by atoms with Gasteiger partial charge in [-0.05, 0) is 29.7 Å². The number of halogens is 3. The Balaban J connectivity index is 1.59. The van der Waals surface area contributed by atoms with Gasteiger partial charge in [0.25, 0.3) is 5.91 Å². The van der Waals surface area contributed by atoms with Crippen molar-refractivity contribution in [3.8, 4) is 11.5 Å². The van der Waals surface area contributed by atoms with E-state index in [-0.39, 0.29) is 6.54 Å². The van der Waals surface area contributed by atoms with Crippen LogP contribution < -0.4 is 14.8 Å². The molecule has 0 bridgehead atoms. The van der Waals surface area contributed by atoms with Crippen molar-refractivity contribution in [3.63, 3.8) is 0 Å². The number of hydrogen-bond acceptors (Lipinski definition) is 5. The van der Waals surface area contributed by atoms with Crippen LogP contribution in [-0.4, -0.2) is 54.4 Å². The lowest BCUT2D eigenvalue weighted by molar-refractivity contribution is -0.141. The third kappa shape index (κ3) is 4.64. The fourth-order valence-electron chi connectivity index (χ4n) is 3.42. The van der Waals surface area contributed by atoms with E-state index in [2.05, 4.69) is 15.3 Å². The number of alkyl halides is 3. The van der Waals surface area contributed by atoms with E-state index in [1.165, 1.54) is 12.6 Å². The van der Waals surface area contributed by atoms with Crippen LogP contribution in [0.5, 0.6) is 11.5 Å². The molecule has 2 aromatic rings. The molecule has 29 heavy (non-hydrogen) atoms. The van der Waals surface area contributed by atoms with Gasteiger partial charge < -0.3 is 14.8 Å². The second-order valence-electron chi connectivity index (χ2n) is 6.82. The lowest BCUT2D eigenvalue weighted by atomic mass is 9.99. The Bertz CT molecular complexity index is 896. The highest BCUT2D eigenvalue weighted by molar-refractivity contribution is 5.95. The number of benzene rings is 1. The Morgan fingerprint density at radius 2 is 1.86 bits per heavy atom. The van der Waals surface area contributed by atoms with Gasteiger partial charge in [-0.3, -0.25) is 14.4 Å². The Labute approximate surface area is 166 Å². The third-order valence-electron chi connectivity index (χ3n) is 4.85. The van der Waals surface area contributed by atoms with Crippen LogP contribution in [0, 0.1) is 0 Å². The van der Waals surface area contributed by atoms with Crippen LogP contribution in [0.1, 0.15) is 27.2 Å². The molecular formula is C19H23F3N4O3. The van der Waals surface area contributed by atoms with Crippen LogP contribution in [0.2, 0.25) is 0 Å². The van der Waals surface area contributed by atoms with Gasteiger partial charge in [-0.25, -0.2) is 0 Å². The highest BCUT2D eigenvalue weighted by Gasteiger charge is 2.38. The zero-order valence-corrected chi connectivity index (χ0v) is 16.5. The van der Waals surface area contributed by atoms with Crippen LogP contribution in [0.25, 0.3) is 0 Å². The van der Waals surface area contributed by atoms with E-state index in [9.17, 15) is 18.0 Å². The molecule has 7 nitrogen and oxygen atoms in total. The fourth-order valence-corrected chi connectivity index (χ4v) is 3.42. The van der Waals surface area contributed by atoms with Gasteiger partial charge in [0.2, 0.25) is 0 Å². The Kier molecular flexibility index (Phi) is 6.02. The lowest BCUT2D eigenvalue weighted by Gasteiger charge is -2.29. The summed E-state index contributed by atoms with van der Waals surface area (Å²) in [5, 5.41) is 5.91. The highest BCUT2D eigenvalue weighted by Crippen LogP contribution is 2.33. The van der Waals surface area contributed by atoms with E-state index < -0.39 is 23.3 Å². The molecule has 0 spiro atoms. The minimum absolute atomic E-state index is 0.230. The van der Waals surface area contributed by atoms with Crippen LogP contribution in [-0.2, 0) is 26.2 Å². The van der Waals surface area contributed by atoms with Gasteiger partial charge in [-0.15, -0.1) is 0 Å². The molecule has 0 atom stereocenters. The minimum Gasteiger partial charge on any atom is -0.493 e. The van der Waals surface area contributed by atoms with E-state index in [4.69, 9.17) is 9.47 Å². The first kappa shape index (κ1) is 21.0. The summed E-state index contributed by atoms with van der Waals surface area (Å²) in [7, 11) is 4.52. The number of nitrogens with one attached hydrogen (secondary N) is 1. The summed E-state index contributed by atoms with van der Waals surface area (Å²) in [5.41, 5.74) is 0.631. The molecule has 0 saturated carbocycles. The summed E-state index contributed by atoms with van der Waals surface area (Å²) in [5.74, 6) is 0.552. The summed E-state index contributed by atoms with van der Waals surface area (Å²) in [6.07, 6.45) is -2.79. The fraction of sp³-hybridized carbons (Fsp3) is 0.474. The first-order chi connectivity index (χ1) is 13.7. The molecule has 1 N–H and O–H groups in total. The quantitative estimate of drug-likeness (QED) is 0.788. The SMILES string of the molecule is COc1cc2c(cc1OC)CN(CCNC(=O)c1cn(C)nc1C(F)(F)F)CC2. The molecular weight excluding hydrogens is 389 g/mol. The predicted molar refractivity (Wildman–Crippen MR) is 99.1 cm³/mol. The second kappa shape index (κ2) is 8.32. The van der Waals surface area contributed by atoms with Crippen molar-refractivity contribution in [2.24, 2.45) is 7.05 Å². The molecule has 0 radical (unpaired) electrons. The van der Waals surface area contributed by atoms with Crippen LogP contribution in [0.3, 0.4) is 0 Å². The number of hydrogen-bond donors (Lipinski definition) is 1. The van der Waals surface area contributed by atoms with Gasteiger partial charge in [0.1, 0.15) is 0 Å². The normalized spacial score (nSPS) is 14.4. The summed E-state index contributed by atoms with van der Waals surface area (Å²) in [6, 6.07) is 3.90. The van der Waals surface area contributed by atoms with E-state index >= 15 is 0 Å². The standard InChI is InChI=1S/C19H23F3N4O3/c1-25-11-14(17(24-25)19(20,21)22)18(27)23-5-7-26-6-4-12-8-15(28-2)16(29-3)9-13(12)10-26/h8-9,11H,4-7,10H2,1-3H3,(H,23,27). The Hall–Kier alpha value is -2.75. The largest absolute Gasteiger partial charge is 0.493 e. The van der Waals surface area contributed by atoms with Crippen LogP contribution >= 0.6 is 0 Å². The zero-order valence-electron chi connectivity index (χ0n) is 16.5. The van der Waals surface area contributed by atoms with Gasteiger partial charge in [-0.1, -0.05) is 0 Å². The summed E-state index contributed by atoms with van der Waals surface area (Å²) in [6.45, 7) is 2.18. The van der Waals surface area contributed by atoms with Crippen molar-refractivity contribution in [1.82, 2.24) is 20.0 Å². The molecule has 0 aliphatic carbocycles. The highest BCUT2D eigenvalue weighted by atomic mass is 19.4. The number of methoxy groups -OCH3 is 2. The number of rotatable bonds is 6. The van der Waals surface area contributed by atoms with Crippen molar-refractivity contribution in [1.29, 1.82) is 0 Å². The average molecular weight is 412 g/mol. The molecule has 3 rings (SSSR count). The van der Waals surface area contributed by atoms with E-state index in [0.717, 1.165) is 29.4 Å². The number of fused-ring (bicyclic) bond motifs is 1. The molecule has 1 amide bonds. The number of aryl methyl sites for hydroxylation is 1. The number of aromatic nitrogens is 2. The average Bonchev–Trinajstić information content (AvgIpc) is 3.09. The number of amides is 1. The second-order valence-corrected chi connectivity index (χ2v) is 6.82. The maximum absolute atomic E-state index is 13.0. The zero-order chi connectivity index (χ0) is 21.2. The minimum atomic E-state index is -4.68. The number of carbonyl (C=O) groups excluding carboxylic acids is 1. The molecule has 2 heterocycles. The van der Waals surface area contributed by atoms with Gasteiger partial charge >= 0.3 is 6.18 Å². The molecule has 0 fully saturated rings. The van der Waals surface area contributed by atoms with Crippen molar-refractivity contribution in [2.45, 2.75) is 19.1 Å². The van der Waals surface area contributed by atoms with Gasteiger partial charge in [-0.2, -0.15) is 18.3 Å². The van der Waals surface area contributed by atoms with E-state index in [0.29, 0.717) is 24.6 Å². The Morgan fingerprint density at radius 3 is 2.48 bits per heavy atom. The molecule has 0 unspecified atom stereocenters. The van der Waals surface area contributed by atoms with Crippen molar-refractivity contribution in [2.75, 3.05) is 33.9 Å². The molecule has 1 aliphatic rings. The monoisotopic (exact) mass is 412 g/mol.